The topological polar surface area (TPSA) is 12.4 Å². The molecule has 0 bridgehead atoms. The minimum atomic E-state index is -4.70. The van der Waals surface area contributed by atoms with Gasteiger partial charge in [0.05, 0.1) is 10.4 Å². The molecule has 1 aromatic rings. The molecule has 1 aromatic carbocycles. The van der Waals surface area contributed by atoms with E-state index in [0.29, 0.717) is 0 Å². The first-order valence-electron chi connectivity index (χ1n) is 3.97. The number of alkyl halides is 4. The molecule has 1 atom stereocenters. The van der Waals surface area contributed by atoms with Crippen LogP contribution in [0.4, 0.5) is 13.2 Å². The molecule has 2 rings (SSSR count). The lowest BCUT2D eigenvalue weighted by Crippen LogP contribution is -2.37. The van der Waals surface area contributed by atoms with Crippen LogP contribution in [-0.2, 0) is 0 Å². The van der Waals surface area contributed by atoms with Gasteiger partial charge in [0.1, 0.15) is 0 Å². The van der Waals surface area contributed by atoms with Crippen LogP contribution in [0.3, 0.4) is 0 Å². The summed E-state index contributed by atoms with van der Waals surface area (Å²) in [6.45, 7) is 0. The SMILES string of the molecule is FC(F)(F)C1(Cl)N=c2ccccc2=C1Cl. The van der Waals surface area contributed by atoms with E-state index in [2.05, 4.69) is 4.99 Å². The molecule has 1 heterocycles. The Morgan fingerprint density at radius 2 is 1.80 bits per heavy atom. The van der Waals surface area contributed by atoms with Crippen molar-refractivity contribution in [3.8, 4) is 0 Å². The quantitative estimate of drug-likeness (QED) is 0.497. The van der Waals surface area contributed by atoms with Crippen molar-refractivity contribution in [2.45, 2.75) is 11.2 Å². The molecular weight excluding hydrogens is 250 g/mol. The molecule has 0 aromatic heterocycles. The van der Waals surface area contributed by atoms with Crippen molar-refractivity contribution in [3.63, 3.8) is 0 Å². The summed E-state index contributed by atoms with van der Waals surface area (Å²) in [5.41, 5.74) is 0. The number of para-hydroxylation sites is 1. The average Bonchev–Trinajstić information content (AvgIpc) is 2.40. The zero-order chi connectivity index (χ0) is 11.3. The highest BCUT2D eigenvalue weighted by Gasteiger charge is 2.58. The predicted molar refractivity (Wildman–Crippen MR) is 51.1 cm³/mol. The van der Waals surface area contributed by atoms with E-state index in [9.17, 15) is 13.2 Å². The van der Waals surface area contributed by atoms with Gasteiger partial charge in [0.25, 0.3) is 5.00 Å². The Bertz CT molecular complexity index is 523. The van der Waals surface area contributed by atoms with E-state index in [1.54, 1.807) is 12.1 Å². The van der Waals surface area contributed by atoms with Gasteiger partial charge in [0.2, 0.25) is 0 Å². The number of rotatable bonds is 0. The molecule has 15 heavy (non-hydrogen) atoms. The van der Waals surface area contributed by atoms with Gasteiger partial charge in [0.15, 0.2) is 0 Å². The minimum absolute atomic E-state index is 0.162. The normalized spacial score (nSPS) is 25.0. The van der Waals surface area contributed by atoms with E-state index < -0.39 is 16.2 Å². The van der Waals surface area contributed by atoms with E-state index in [1.807, 2.05) is 0 Å². The molecule has 0 radical (unpaired) electrons. The maximum atomic E-state index is 12.6. The van der Waals surface area contributed by atoms with Crippen molar-refractivity contribution >= 4 is 28.2 Å². The van der Waals surface area contributed by atoms with Crippen molar-refractivity contribution in [2.24, 2.45) is 4.99 Å². The van der Waals surface area contributed by atoms with Crippen LogP contribution in [0.5, 0.6) is 0 Å². The van der Waals surface area contributed by atoms with Gasteiger partial charge in [-0.05, 0) is 6.07 Å². The summed E-state index contributed by atoms with van der Waals surface area (Å²) in [5.74, 6) is 0. The van der Waals surface area contributed by atoms with Gasteiger partial charge in [-0.3, -0.25) is 0 Å². The van der Waals surface area contributed by atoms with E-state index in [0.717, 1.165) is 0 Å². The molecule has 0 amide bonds. The van der Waals surface area contributed by atoms with Crippen molar-refractivity contribution in [1.29, 1.82) is 0 Å². The van der Waals surface area contributed by atoms with Gasteiger partial charge in [-0.25, -0.2) is 4.99 Å². The molecule has 0 aliphatic carbocycles. The van der Waals surface area contributed by atoms with Crippen molar-refractivity contribution in [3.05, 3.63) is 34.8 Å². The summed E-state index contributed by atoms with van der Waals surface area (Å²) in [7, 11) is 0. The van der Waals surface area contributed by atoms with E-state index >= 15 is 0 Å². The highest BCUT2D eigenvalue weighted by atomic mass is 35.5. The van der Waals surface area contributed by atoms with Crippen molar-refractivity contribution in [1.82, 2.24) is 0 Å². The van der Waals surface area contributed by atoms with E-state index in [1.165, 1.54) is 12.1 Å². The van der Waals surface area contributed by atoms with Crippen LogP contribution in [0.2, 0.25) is 0 Å². The number of hydrogen-bond acceptors (Lipinski definition) is 1. The first kappa shape index (κ1) is 10.8. The summed E-state index contributed by atoms with van der Waals surface area (Å²) in [6, 6.07) is 6.05. The zero-order valence-electron chi connectivity index (χ0n) is 7.15. The molecule has 6 heteroatoms. The lowest BCUT2D eigenvalue weighted by Gasteiger charge is -2.21. The molecule has 1 unspecified atom stereocenters. The third-order valence-corrected chi connectivity index (χ3v) is 3.14. The fraction of sp³-hybridized carbons (Fsp3) is 0.222. The fourth-order valence-corrected chi connectivity index (χ4v) is 1.84. The maximum absolute atomic E-state index is 12.6. The first-order valence-corrected chi connectivity index (χ1v) is 4.73. The molecular formula is C9H4Cl2F3N. The molecule has 1 aliphatic rings. The summed E-state index contributed by atoms with van der Waals surface area (Å²) < 4.78 is 37.9. The molecule has 0 saturated carbocycles. The van der Waals surface area contributed by atoms with Crippen LogP contribution < -0.4 is 10.6 Å². The standard InChI is InChI=1S/C9H4Cl2F3N/c10-7-5-3-1-2-4-6(5)15-8(7,11)9(12,13)14/h1-4H. The highest BCUT2D eigenvalue weighted by Crippen LogP contribution is 2.45. The molecule has 0 spiro atoms. The monoisotopic (exact) mass is 253 g/mol. The minimum Gasteiger partial charge on any atom is -0.247 e. The summed E-state index contributed by atoms with van der Waals surface area (Å²) >= 11 is 11.0. The summed E-state index contributed by atoms with van der Waals surface area (Å²) in [5, 5.41) is -0.103. The first-order chi connectivity index (χ1) is 6.86. The highest BCUT2D eigenvalue weighted by molar-refractivity contribution is 6.53. The number of benzene rings is 1. The van der Waals surface area contributed by atoms with Gasteiger partial charge < -0.3 is 0 Å². The Balaban J connectivity index is 2.77. The predicted octanol–water partition coefficient (Wildman–Crippen LogP) is 2.16. The second-order valence-electron chi connectivity index (χ2n) is 3.06. The lowest BCUT2D eigenvalue weighted by molar-refractivity contribution is -0.145. The summed E-state index contributed by atoms with van der Waals surface area (Å²) in [6.07, 6.45) is -4.70. The number of hydrogen-bond donors (Lipinski definition) is 0. The summed E-state index contributed by atoms with van der Waals surface area (Å²) in [4.78, 5) is 0.586. The number of nitrogens with zero attached hydrogens (tertiary/aromatic N) is 1. The lowest BCUT2D eigenvalue weighted by atomic mass is 10.2. The van der Waals surface area contributed by atoms with Crippen LogP contribution >= 0.6 is 23.2 Å². The molecule has 1 aliphatic heterocycles. The van der Waals surface area contributed by atoms with Gasteiger partial charge in [-0.2, -0.15) is 13.2 Å². The largest absolute Gasteiger partial charge is 0.432 e. The van der Waals surface area contributed by atoms with E-state index in [4.69, 9.17) is 23.2 Å². The Kier molecular flexibility index (Phi) is 2.24. The third-order valence-electron chi connectivity index (χ3n) is 2.08. The second kappa shape index (κ2) is 3.12. The van der Waals surface area contributed by atoms with Gasteiger partial charge in [-0.15, -0.1) is 0 Å². The Morgan fingerprint density at radius 3 is 2.33 bits per heavy atom. The van der Waals surface area contributed by atoms with Crippen LogP contribution in [-0.4, -0.2) is 11.2 Å². The molecule has 0 N–H and O–H groups in total. The Hall–Kier alpha value is -0.740. The zero-order valence-corrected chi connectivity index (χ0v) is 8.66. The molecule has 80 valence electrons. The van der Waals surface area contributed by atoms with Crippen molar-refractivity contribution < 1.29 is 13.2 Å². The molecule has 1 nitrogen and oxygen atoms in total. The van der Waals surface area contributed by atoms with E-state index in [-0.39, 0.29) is 10.6 Å². The third kappa shape index (κ3) is 1.43. The van der Waals surface area contributed by atoms with Crippen LogP contribution in [0.15, 0.2) is 29.3 Å². The van der Waals surface area contributed by atoms with Crippen molar-refractivity contribution in [2.75, 3.05) is 0 Å². The van der Waals surface area contributed by atoms with Gasteiger partial charge in [-0.1, -0.05) is 41.4 Å². The fourth-order valence-electron chi connectivity index (χ4n) is 1.34. The van der Waals surface area contributed by atoms with Crippen LogP contribution in [0.25, 0.3) is 5.03 Å². The van der Waals surface area contributed by atoms with Crippen LogP contribution in [0, 0.1) is 0 Å². The molecule has 0 saturated heterocycles. The Labute approximate surface area is 92.8 Å². The Morgan fingerprint density at radius 1 is 1.20 bits per heavy atom. The molecule has 0 fully saturated rings. The van der Waals surface area contributed by atoms with Gasteiger partial charge in [0, 0.05) is 5.22 Å². The number of fused-ring (bicyclic) bond motifs is 1. The second-order valence-corrected chi connectivity index (χ2v) is 3.99. The average molecular weight is 254 g/mol. The number of halogens is 5. The smallest absolute Gasteiger partial charge is 0.247 e. The van der Waals surface area contributed by atoms with Gasteiger partial charge >= 0.3 is 6.18 Å². The van der Waals surface area contributed by atoms with Crippen LogP contribution in [0.1, 0.15) is 0 Å². The maximum Gasteiger partial charge on any atom is 0.432 e.